The molecule has 6 heteroatoms. The zero-order valence-corrected chi connectivity index (χ0v) is 13.8. The minimum atomic E-state index is -0.716. The van der Waals surface area contributed by atoms with Crippen LogP contribution in [0.2, 0.25) is 0 Å². The van der Waals surface area contributed by atoms with Gasteiger partial charge in [0.25, 0.3) is 0 Å². The Hall–Kier alpha value is -2.47. The first kappa shape index (κ1) is 16.4. The predicted octanol–water partition coefficient (Wildman–Crippen LogP) is 1.93. The number of amides is 4. The zero-order valence-electron chi connectivity index (χ0n) is 13.8. The van der Waals surface area contributed by atoms with Gasteiger partial charge in [0, 0.05) is 19.6 Å². The van der Waals surface area contributed by atoms with Crippen LogP contribution < -0.4 is 0 Å². The second kappa shape index (κ2) is 6.97. The Bertz CT molecular complexity index is 684. The van der Waals surface area contributed by atoms with E-state index in [-0.39, 0.29) is 13.2 Å². The fourth-order valence-corrected chi connectivity index (χ4v) is 3.05. The molecular weight excluding hydrogens is 306 g/mol. The number of rotatable bonds is 5. The van der Waals surface area contributed by atoms with E-state index in [1.165, 1.54) is 11.1 Å². The molecule has 0 atom stereocenters. The number of urea groups is 1. The molecule has 0 spiro atoms. The molecule has 126 valence electrons. The molecule has 1 saturated heterocycles. The highest BCUT2D eigenvalue weighted by Gasteiger charge is 2.44. The molecule has 0 saturated carbocycles. The smallest absolute Gasteiger partial charge is 0.281 e. The molecule has 0 bridgehead atoms. The highest BCUT2D eigenvalue weighted by Crippen LogP contribution is 2.23. The van der Waals surface area contributed by atoms with Crippen molar-refractivity contribution in [2.24, 2.45) is 0 Å². The summed E-state index contributed by atoms with van der Waals surface area (Å²) < 4.78 is 0. The number of hydrogen-bond donors (Lipinski definition) is 0. The van der Waals surface area contributed by atoms with Gasteiger partial charge in [0.2, 0.25) is 0 Å². The normalized spacial score (nSPS) is 19.2. The molecule has 6 nitrogen and oxygen atoms in total. The maximum atomic E-state index is 12.2. The lowest BCUT2D eigenvalue weighted by molar-refractivity contribution is -0.143. The van der Waals surface area contributed by atoms with Crippen molar-refractivity contribution in [1.82, 2.24) is 14.7 Å². The fraction of sp³-hybridized carbons (Fsp3) is 0.389. The van der Waals surface area contributed by atoms with E-state index in [1.54, 1.807) is 0 Å². The Morgan fingerprint density at radius 3 is 2.33 bits per heavy atom. The largest absolute Gasteiger partial charge is 0.335 e. The highest BCUT2D eigenvalue weighted by atomic mass is 16.2. The van der Waals surface area contributed by atoms with Crippen LogP contribution in [0.15, 0.2) is 36.4 Å². The van der Waals surface area contributed by atoms with Gasteiger partial charge >= 0.3 is 17.8 Å². The summed E-state index contributed by atoms with van der Waals surface area (Å²) in [7, 11) is 0. The molecule has 0 aromatic heterocycles. The van der Waals surface area contributed by atoms with Gasteiger partial charge in [0.1, 0.15) is 0 Å². The molecule has 2 aliphatic rings. The number of carbonyl (C=O) groups is 3. The molecule has 2 aliphatic heterocycles. The van der Waals surface area contributed by atoms with Crippen LogP contribution in [0.4, 0.5) is 4.79 Å². The third-order valence-electron chi connectivity index (χ3n) is 4.36. The molecule has 1 aromatic rings. The van der Waals surface area contributed by atoms with Crippen LogP contribution in [0.1, 0.15) is 25.3 Å². The molecule has 0 N–H and O–H groups in total. The molecule has 0 radical (unpaired) electrons. The summed E-state index contributed by atoms with van der Waals surface area (Å²) in [4.78, 5) is 40.3. The van der Waals surface area contributed by atoms with Crippen LogP contribution in [-0.4, -0.2) is 58.8 Å². The van der Waals surface area contributed by atoms with E-state index in [4.69, 9.17) is 0 Å². The van der Waals surface area contributed by atoms with Crippen molar-refractivity contribution in [3.8, 4) is 0 Å². The van der Waals surface area contributed by atoms with E-state index in [2.05, 4.69) is 18.2 Å². The summed E-state index contributed by atoms with van der Waals surface area (Å²) >= 11 is 0. The molecule has 0 unspecified atom stereocenters. The van der Waals surface area contributed by atoms with Crippen LogP contribution in [0.5, 0.6) is 0 Å². The Morgan fingerprint density at radius 1 is 1.00 bits per heavy atom. The lowest BCUT2D eigenvalue weighted by Gasteiger charge is -2.29. The lowest BCUT2D eigenvalue weighted by Crippen LogP contribution is -2.43. The van der Waals surface area contributed by atoms with Crippen LogP contribution >= 0.6 is 0 Å². The van der Waals surface area contributed by atoms with Crippen LogP contribution in [0.3, 0.4) is 0 Å². The second-order valence-electron chi connectivity index (χ2n) is 6.04. The van der Waals surface area contributed by atoms with Gasteiger partial charge in [0.15, 0.2) is 0 Å². The van der Waals surface area contributed by atoms with Crippen molar-refractivity contribution in [2.75, 3.05) is 26.3 Å². The average molecular weight is 327 g/mol. The molecule has 3 rings (SSSR count). The minimum absolute atomic E-state index is 0.169. The summed E-state index contributed by atoms with van der Waals surface area (Å²) in [5, 5.41) is 0. The van der Waals surface area contributed by atoms with E-state index >= 15 is 0 Å². The van der Waals surface area contributed by atoms with Gasteiger partial charge in [-0.05, 0) is 24.0 Å². The van der Waals surface area contributed by atoms with Gasteiger partial charge in [-0.25, -0.2) is 9.69 Å². The van der Waals surface area contributed by atoms with Gasteiger partial charge in [-0.1, -0.05) is 43.3 Å². The summed E-state index contributed by atoms with van der Waals surface area (Å²) in [6.45, 7) is 3.73. The Labute approximate surface area is 141 Å². The minimum Gasteiger partial charge on any atom is -0.281 e. The highest BCUT2D eigenvalue weighted by molar-refractivity contribution is 6.44. The Morgan fingerprint density at radius 2 is 1.71 bits per heavy atom. The molecular formula is C18H21N3O3. The Balaban J connectivity index is 1.64. The van der Waals surface area contributed by atoms with Crippen molar-refractivity contribution < 1.29 is 14.4 Å². The predicted molar refractivity (Wildman–Crippen MR) is 89.7 cm³/mol. The van der Waals surface area contributed by atoms with Crippen LogP contribution in [-0.2, 0) is 9.59 Å². The van der Waals surface area contributed by atoms with Crippen LogP contribution in [0.25, 0.3) is 5.57 Å². The molecule has 2 heterocycles. The van der Waals surface area contributed by atoms with E-state index in [1.807, 2.05) is 30.0 Å². The van der Waals surface area contributed by atoms with E-state index in [0.29, 0.717) is 13.0 Å². The second-order valence-corrected chi connectivity index (χ2v) is 6.04. The standard InChI is InChI=1S/C18H21N3O3/c1-2-10-20-16(22)17(23)21(18(20)24)13-19-11-8-15(9-12-19)14-6-4-3-5-7-14/h3-8H,2,9-13H2,1H3. The van der Waals surface area contributed by atoms with Gasteiger partial charge in [-0.15, -0.1) is 0 Å². The van der Waals surface area contributed by atoms with Crippen molar-refractivity contribution in [2.45, 2.75) is 19.8 Å². The maximum Gasteiger partial charge on any atom is 0.335 e. The van der Waals surface area contributed by atoms with Crippen molar-refractivity contribution in [3.05, 3.63) is 42.0 Å². The number of imide groups is 2. The fourth-order valence-electron chi connectivity index (χ4n) is 3.05. The first-order valence-electron chi connectivity index (χ1n) is 8.26. The van der Waals surface area contributed by atoms with E-state index in [0.717, 1.165) is 22.8 Å². The average Bonchev–Trinajstić information content (AvgIpc) is 2.81. The topological polar surface area (TPSA) is 60.9 Å². The molecule has 0 aliphatic carbocycles. The van der Waals surface area contributed by atoms with Gasteiger partial charge in [0.05, 0.1) is 6.67 Å². The Kier molecular flexibility index (Phi) is 4.76. The van der Waals surface area contributed by atoms with Gasteiger partial charge < -0.3 is 0 Å². The maximum absolute atomic E-state index is 12.2. The number of nitrogens with zero attached hydrogens (tertiary/aromatic N) is 3. The first-order chi connectivity index (χ1) is 11.6. The number of hydrogen-bond acceptors (Lipinski definition) is 4. The summed E-state index contributed by atoms with van der Waals surface area (Å²) in [6.07, 6.45) is 3.62. The number of carbonyl (C=O) groups excluding carboxylic acids is 3. The van der Waals surface area contributed by atoms with Gasteiger partial charge in [-0.3, -0.25) is 19.4 Å². The molecule has 1 aromatic carbocycles. The molecule has 1 fully saturated rings. The van der Waals surface area contributed by atoms with E-state index < -0.39 is 17.8 Å². The number of benzene rings is 1. The zero-order chi connectivity index (χ0) is 17.1. The van der Waals surface area contributed by atoms with Crippen molar-refractivity contribution in [1.29, 1.82) is 0 Å². The quantitative estimate of drug-likeness (QED) is 0.612. The summed E-state index contributed by atoms with van der Waals surface area (Å²) in [5.41, 5.74) is 2.48. The third-order valence-corrected chi connectivity index (χ3v) is 4.36. The monoisotopic (exact) mass is 327 g/mol. The SMILES string of the molecule is CCCN1C(=O)C(=O)N(CN2CC=C(c3ccccc3)CC2)C1=O. The first-order valence-corrected chi connectivity index (χ1v) is 8.26. The molecule has 4 amide bonds. The summed E-state index contributed by atoms with van der Waals surface area (Å²) in [5.74, 6) is -1.43. The molecule has 24 heavy (non-hydrogen) atoms. The van der Waals surface area contributed by atoms with E-state index in [9.17, 15) is 14.4 Å². The summed E-state index contributed by atoms with van der Waals surface area (Å²) in [6, 6.07) is 9.68. The third kappa shape index (κ3) is 3.10. The van der Waals surface area contributed by atoms with Crippen molar-refractivity contribution in [3.63, 3.8) is 0 Å². The van der Waals surface area contributed by atoms with Crippen LogP contribution in [0, 0.1) is 0 Å². The van der Waals surface area contributed by atoms with Gasteiger partial charge in [-0.2, -0.15) is 0 Å². The lowest BCUT2D eigenvalue weighted by atomic mass is 10.00. The van der Waals surface area contributed by atoms with Crippen molar-refractivity contribution >= 4 is 23.4 Å².